The molecule has 0 spiro atoms. The largest absolute Gasteiger partial charge is 0.481 e. The number of aromatic nitrogens is 2. The van der Waals surface area contributed by atoms with Crippen LogP contribution in [0.4, 0.5) is 0 Å². The van der Waals surface area contributed by atoms with Gasteiger partial charge in [0.05, 0.1) is 6.42 Å². The summed E-state index contributed by atoms with van der Waals surface area (Å²) >= 11 is 5.86. The molecule has 0 saturated carbocycles. The second kappa shape index (κ2) is 5.18. The highest BCUT2D eigenvalue weighted by Crippen LogP contribution is 2.26. The molecule has 0 saturated heterocycles. The predicted octanol–water partition coefficient (Wildman–Crippen LogP) is 3.42. The van der Waals surface area contributed by atoms with Crippen LogP contribution in [0.5, 0.6) is 0 Å². The van der Waals surface area contributed by atoms with Crippen molar-refractivity contribution in [2.75, 3.05) is 0 Å². The van der Waals surface area contributed by atoms with Crippen molar-refractivity contribution in [2.45, 2.75) is 12.8 Å². The van der Waals surface area contributed by atoms with Crippen molar-refractivity contribution >= 4 is 45.3 Å². The molecule has 0 atom stereocenters. The van der Waals surface area contributed by atoms with Crippen LogP contribution in [0.1, 0.15) is 23.2 Å². The van der Waals surface area contributed by atoms with E-state index < -0.39 is 5.97 Å². The van der Waals surface area contributed by atoms with E-state index >= 15 is 0 Å². The molecule has 2 aromatic heterocycles. The standard InChI is InChI=1S/C15H11ClN2O3/c16-13-5-2-9-10-7-8(12(19)4-6-14(20)21)1-3-11(10)17-15(9)18-13/h1-3,5,7H,4,6H2,(H,17,18)(H,20,21). The molecule has 2 N–H and O–H groups in total. The predicted molar refractivity (Wildman–Crippen MR) is 79.8 cm³/mol. The van der Waals surface area contributed by atoms with Gasteiger partial charge in [-0.15, -0.1) is 0 Å². The maximum atomic E-state index is 12.0. The van der Waals surface area contributed by atoms with Gasteiger partial charge in [0.1, 0.15) is 10.8 Å². The number of rotatable bonds is 4. The van der Waals surface area contributed by atoms with Crippen molar-refractivity contribution in [1.82, 2.24) is 9.97 Å². The molecule has 0 aliphatic heterocycles. The first-order valence-corrected chi connectivity index (χ1v) is 6.75. The van der Waals surface area contributed by atoms with Crippen LogP contribution in [0.3, 0.4) is 0 Å². The molecule has 6 heteroatoms. The van der Waals surface area contributed by atoms with Gasteiger partial charge in [-0.05, 0) is 30.3 Å². The van der Waals surface area contributed by atoms with Crippen LogP contribution in [0.2, 0.25) is 5.15 Å². The lowest BCUT2D eigenvalue weighted by atomic mass is 10.0. The number of nitrogens with zero attached hydrogens (tertiary/aromatic N) is 1. The van der Waals surface area contributed by atoms with Gasteiger partial charge in [-0.2, -0.15) is 0 Å². The lowest BCUT2D eigenvalue weighted by Gasteiger charge is -2.00. The van der Waals surface area contributed by atoms with Crippen LogP contribution in [-0.4, -0.2) is 26.8 Å². The smallest absolute Gasteiger partial charge is 0.303 e. The Morgan fingerprint density at radius 2 is 1.95 bits per heavy atom. The number of fused-ring (bicyclic) bond motifs is 3. The van der Waals surface area contributed by atoms with Gasteiger partial charge < -0.3 is 10.1 Å². The average molecular weight is 303 g/mol. The van der Waals surface area contributed by atoms with Crippen LogP contribution in [0.15, 0.2) is 30.3 Å². The summed E-state index contributed by atoms with van der Waals surface area (Å²) in [5.74, 6) is -1.16. The Labute approximate surface area is 124 Å². The quantitative estimate of drug-likeness (QED) is 0.571. The molecular weight excluding hydrogens is 292 g/mol. The molecular formula is C15H11ClN2O3. The average Bonchev–Trinajstić information content (AvgIpc) is 2.80. The third kappa shape index (κ3) is 2.60. The number of hydrogen-bond donors (Lipinski definition) is 2. The van der Waals surface area contributed by atoms with E-state index in [2.05, 4.69) is 9.97 Å². The number of Topliss-reactive ketones (excluding diaryl/α,β-unsaturated/α-hetero) is 1. The Morgan fingerprint density at radius 3 is 2.71 bits per heavy atom. The zero-order valence-corrected chi connectivity index (χ0v) is 11.6. The zero-order valence-electron chi connectivity index (χ0n) is 10.9. The highest BCUT2D eigenvalue weighted by molar-refractivity contribution is 6.30. The summed E-state index contributed by atoms with van der Waals surface area (Å²) in [4.78, 5) is 29.9. The maximum absolute atomic E-state index is 12.0. The molecule has 5 nitrogen and oxygen atoms in total. The molecule has 21 heavy (non-hydrogen) atoms. The van der Waals surface area contributed by atoms with Crippen LogP contribution in [0.25, 0.3) is 21.9 Å². The number of H-pyrrole nitrogens is 1. The molecule has 0 amide bonds. The van der Waals surface area contributed by atoms with E-state index in [-0.39, 0.29) is 18.6 Å². The summed E-state index contributed by atoms with van der Waals surface area (Å²) in [5.41, 5.74) is 2.02. The number of ketones is 1. The minimum atomic E-state index is -0.977. The molecule has 106 valence electrons. The van der Waals surface area contributed by atoms with Crippen molar-refractivity contribution in [3.05, 3.63) is 41.0 Å². The highest BCUT2D eigenvalue weighted by atomic mass is 35.5. The summed E-state index contributed by atoms with van der Waals surface area (Å²) in [6, 6.07) is 8.77. The van der Waals surface area contributed by atoms with Crippen molar-refractivity contribution < 1.29 is 14.7 Å². The highest BCUT2D eigenvalue weighted by Gasteiger charge is 2.12. The van der Waals surface area contributed by atoms with E-state index in [1.54, 1.807) is 24.3 Å². The van der Waals surface area contributed by atoms with Crippen LogP contribution in [-0.2, 0) is 4.79 Å². The molecule has 0 unspecified atom stereocenters. The van der Waals surface area contributed by atoms with E-state index in [9.17, 15) is 9.59 Å². The number of pyridine rings is 1. The van der Waals surface area contributed by atoms with Gasteiger partial charge in [0, 0.05) is 28.3 Å². The Bertz CT molecular complexity index is 870. The van der Waals surface area contributed by atoms with Crippen LogP contribution in [0, 0.1) is 0 Å². The van der Waals surface area contributed by atoms with Gasteiger partial charge in [0.25, 0.3) is 0 Å². The third-order valence-corrected chi connectivity index (χ3v) is 3.52. The van der Waals surface area contributed by atoms with Crippen molar-refractivity contribution in [3.63, 3.8) is 0 Å². The minimum absolute atomic E-state index is 0.00667. The molecule has 2 heterocycles. The number of benzene rings is 1. The second-order valence-electron chi connectivity index (χ2n) is 4.73. The molecule has 3 rings (SSSR count). The summed E-state index contributed by atoms with van der Waals surface area (Å²) in [5, 5.41) is 10.8. The van der Waals surface area contributed by atoms with E-state index in [0.717, 1.165) is 16.3 Å². The SMILES string of the molecule is O=C(O)CCC(=O)c1ccc2[nH]c3nc(Cl)ccc3c2c1. The molecule has 0 radical (unpaired) electrons. The fourth-order valence-corrected chi connectivity index (χ4v) is 2.44. The summed E-state index contributed by atoms with van der Waals surface area (Å²) in [7, 11) is 0. The first-order chi connectivity index (χ1) is 10.0. The third-order valence-electron chi connectivity index (χ3n) is 3.31. The number of hydrogen-bond acceptors (Lipinski definition) is 3. The summed E-state index contributed by atoms with van der Waals surface area (Å²) in [6.45, 7) is 0. The molecule has 0 aliphatic rings. The number of carbonyl (C=O) groups is 2. The van der Waals surface area contributed by atoms with E-state index in [4.69, 9.17) is 16.7 Å². The maximum Gasteiger partial charge on any atom is 0.303 e. The van der Waals surface area contributed by atoms with E-state index in [1.807, 2.05) is 6.07 Å². The monoisotopic (exact) mass is 302 g/mol. The molecule has 3 aromatic rings. The number of aliphatic carboxylic acids is 1. The summed E-state index contributed by atoms with van der Waals surface area (Å²) in [6.07, 6.45) is -0.171. The molecule has 1 aromatic carbocycles. The minimum Gasteiger partial charge on any atom is -0.481 e. The Balaban J connectivity index is 2.04. The Morgan fingerprint density at radius 1 is 1.14 bits per heavy atom. The first-order valence-electron chi connectivity index (χ1n) is 6.37. The van der Waals surface area contributed by atoms with Gasteiger partial charge in [-0.3, -0.25) is 9.59 Å². The second-order valence-corrected chi connectivity index (χ2v) is 5.12. The molecule has 0 fully saturated rings. The van der Waals surface area contributed by atoms with Gasteiger partial charge in [0.2, 0.25) is 0 Å². The number of carboxylic acid groups (broad SMARTS) is 1. The number of nitrogens with one attached hydrogen (secondary N) is 1. The summed E-state index contributed by atoms with van der Waals surface area (Å²) < 4.78 is 0. The Hall–Kier alpha value is -2.40. The number of carbonyl (C=O) groups excluding carboxylic acids is 1. The number of carboxylic acids is 1. The lowest BCUT2D eigenvalue weighted by molar-refractivity contribution is -0.136. The fraction of sp³-hybridized carbons (Fsp3) is 0.133. The zero-order chi connectivity index (χ0) is 15.0. The van der Waals surface area contributed by atoms with Gasteiger partial charge in [0.15, 0.2) is 5.78 Å². The Kier molecular flexibility index (Phi) is 3.35. The van der Waals surface area contributed by atoms with Crippen molar-refractivity contribution in [2.24, 2.45) is 0 Å². The van der Waals surface area contributed by atoms with Crippen LogP contribution >= 0.6 is 11.6 Å². The van der Waals surface area contributed by atoms with Crippen molar-refractivity contribution in [1.29, 1.82) is 0 Å². The topological polar surface area (TPSA) is 83.0 Å². The number of halogens is 1. The van der Waals surface area contributed by atoms with Crippen molar-refractivity contribution in [3.8, 4) is 0 Å². The lowest BCUT2D eigenvalue weighted by Crippen LogP contribution is -2.03. The normalized spacial score (nSPS) is 11.1. The van der Waals surface area contributed by atoms with Gasteiger partial charge >= 0.3 is 5.97 Å². The van der Waals surface area contributed by atoms with E-state index in [1.165, 1.54) is 0 Å². The molecule has 0 aliphatic carbocycles. The van der Waals surface area contributed by atoms with Crippen LogP contribution < -0.4 is 0 Å². The molecule has 0 bridgehead atoms. The van der Waals surface area contributed by atoms with Gasteiger partial charge in [-0.1, -0.05) is 11.6 Å². The fourth-order valence-electron chi connectivity index (χ4n) is 2.29. The first kappa shape index (κ1) is 13.6. The van der Waals surface area contributed by atoms with E-state index in [0.29, 0.717) is 16.4 Å². The van der Waals surface area contributed by atoms with Gasteiger partial charge in [-0.25, -0.2) is 4.98 Å². The number of aromatic amines is 1.